The Kier molecular flexibility index (Phi) is 5.10. The van der Waals surface area contributed by atoms with Gasteiger partial charge in [0.15, 0.2) is 0 Å². The summed E-state index contributed by atoms with van der Waals surface area (Å²) in [5, 5.41) is 8.43. The van der Waals surface area contributed by atoms with Crippen molar-refractivity contribution in [2.45, 2.75) is 31.7 Å². The maximum absolute atomic E-state index is 11.6. The van der Waals surface area contributed by atoms with Crippen LogP contribution < -0.4 is 16.0 Å². The van der Waals surface area contributed by atoms with E-state index in [0.29, 0.717) is 13.0 Å². The molecule has 0 aliphatic carbocycles. The van der Waals surface area contributed by atoms with Crippen LogP contribution in [0.25, 0.3) is 0 Å². The van der Waals surface area contributed by atoms with Crippen LogP contribution in [0.1, 0.15) is 25.7 Å². The molecule has 0 spiro atoms. The van der Waals surface area contributed by atoms with Gasteiger partial charge in [0.25, 0.3) is 0 Å². The molecule has 1 rings (SSSR count). The van der Waals surface area contributed by atoms with E-state index in [2.05, 4.69) is 16.0 Å². The molecule has 3 N–H and O–H groups in total. The monoisotopic (exact) mass is 213 g/mol. The van der Waals surface area contributed by atoms with Gasteiger partial charge in [-0.2, -0.15) is 0 Å². The lowest BCUT2D eigenvalue weighted by Crippen LogP contribution is -2.47. The maximum Gasteiger partial charge on any atom is 0.237 e. The van der Waals surface area contributed by atoms with Crippen LogP contribution in [0, 0.1) is 0 Å². The summed E-state index contributed by atoms with van der Waals surface area (Å²) in [5.74, 6) is -0.0366. The molecule has 1 unspecified atom stereocenters. The van der Waals surface area contributed by atoms with Gasteiger partial charge in [0.05, 0.1) is 6.04 Å². The van der Waals surface area contributed by atoms with Crippen LogP contribution in [0.5, 0.6) is 0 Å². The third-order valence-corrected chi connectivity index (χ3v) is 2.56. The average Bonchev–Trinajstić information content (AvgIpc) is 2.29. The van der Waals surface area contributed by atoms with E-state index in [4.69, 9.17) is 0 Å². The van der Waals surface area contributed by atoms with Gasteiger partial charge < -0.3 is 16.0 Å². The van der Waals surface area contributed by atoms with Crippen molar-refractivity contribution in [1.82, 2.24) is 16.0 Å². The lowest BCUT2D eigenvalue weighted by molar-refractivity contribution is -0.124. The van der Waals surface area contributed by atoms with Crippen LogP contribution in [-0.4, -0.2) is 38.0 Å². The van der Waals surface area contributed by atoms with Gasteiger partial charge in [-0.3, -0.25) is 9.59 Å². The van der Waals surface area contributed by atoms with E-state index >= 15 is 0 Å². The van der Waals surface area contributed by atoms with Crippen molar-refractivity contribution >= 4 is 11.8 Å². The predicted octanol–water partition coefficient (Wildman–Crippen LogP) is -0.619. The van der Waals surface area contributed by atoms with Crippen molar-refractivity contribution in [3.8, 4) is 0 Å². The Morgan fingerprint density at radius 2 is 2.20 bits per heavy atom. The van der Waals surface area contributed by atoms with Crippen LogP contribution in [0.4, 0.5) is 0 Å². The highest BCUT2D eigenvalue weighted by molar-refractivity contribution is 5.82. The largest absolute Gasteiger partial charge is 0.359 e. The van der Waals surface area contributed by atoms with E-state index in [0.717, 1.165) is 25.8 Å². The van der Waals surface area contributed by atoms with Crippen LogP contribution in [0.15, 0.2) is 0 Å². The fourth-order valence-electron chi connectivity index (χ4n) is 1.62. The number of hydrogen-bond acceptors (Lipinski definition) is 3. The van der Waals surface area contributed by atoms with Gasteiger partial charge >= 0.3 is 0 Å². The highest BCUT2D eigenvalue weighted by Gasteiger charge is 2.19. The Morgan fingerprint density at radius 1 is 1.40 bits per heavy atom. The third kappa shape index (κ3) is 4.29. The molecule has 1 aliphatic heterocycles. The summed E-state index contributed by atoms with van der Waals surface area (Å²) < 4.78 is 0. The minimum absolute atomic E-state index is 0.0126. The van der Waals surface area contributed by atoms with Gasteiger partial charge in [0.2, 0.25) is 11.8 Å². The minimum atomic E-state index is -0.0663. The molecule has 0 aromatic rings. The molecule has 15 heavy (non-hydrogen) atoms. The normalized spacial score (nSPS) is 20.7. The van der Waals surface area contributed by atoms with Crippen molar-refractivity contribution in [1.29, 1.82) is 0 Å². The van der Waals surface area contributed by atoms with Gasteiger partial charge in [-0.25, -0.2) is 0 Å². The average molecular weight is 213 g/mol. The Labute approximate surface area is 90.0 Å². The van der Waals surface area contributed by atoms with E-state index in [9.17, 15) is 9.59 Å². The number of piperidine rings is 1. The van der Waals surface area contributed by atoms with Crippen LogP contribution in [0.3, 0.4) is 0 Å². The summed E-state index contributed by atoms with van der Waals surface area (Å²) >= 11 is 0. The maximum atomic E-state index is 11.6. The highest BCUT2D eigenvalue weighted by atomic mass is 16.2. The van der Waals surface area contributed by atoms with E-state index in [1.165, 1.54) is 0 Å². The van der Waals surface area contributed by atoms with Crippen LogP contribution in [0.2, 0.25) is 0 Å². The summed E-state index contributed by atoms with van der Waals surface area (Å²) in [6.07, 6.45) is 3.48. The molecule has 0 saturated carbocycles. The van der Waals surface area contributed by atoms with Gasteiger partial charge in [-0.05, 0) is 19.4 Å². The zero-order valence-electron chi connectivity index (χ0n) is 9.14. The van der Waals surface area contributed by atoms with Gasteiger partial charge in [0, 0.05) is 20.0 Å². The first-order chi connectivity index (χ1) is 7.24. The molecule has 0 aromatic heterocycles. The number of carbonyl (C=O) groups excluding carboxylic acids is 2. The molecule has 5 heteroatoms. The summed E-state index contributed by atoms with van der Waals surface area (Å²) in [6.45, 7) is 1.32. The first kappa shape index (κ1) is 12.0. The van der Waals surface area contributed by atoms with Crippen LogP contribution in [-0.2, 0) is 9.59 Å². The van der Waals surface area contributed by atoms with Crippen molar-refractivity contribution in [2.24, 2.45) is 0 Å². The zero-order chi connectivity index (χ0) is 11.1. The molecule has 1 heterocycles. The molecular formula is C10H19N3O2. The summed E-state index contributed by atoms with van der Waals surface area (Å²) in [5.41, 5.74) is 0. The van der Waals surface area contributed by atoms with Gasteiger partial charge in [0.1, 0.15) is 0 Å². The lowest BCUT2D eigenvalue weighted by Gasteiger charge is -2.22. The summed E-state index contributed by atoms with van der Waals surface area (Å²) in [7, 11) is 1.59. The molecule has 0 bridgehead atoms. The lowest BCUT2D eigenvalue weighted by atomic mass is 10.0. The Hall–Kier alpha value is -1.10. The fraction of sp³-hybridized carbons (Fsp3) is 0.800. The fourth-order valence-corrected chi connectivity index (χ4v) is 1.62. The first-order valence-electron chi connectivity index (χ1n) is 5.45. The second-order valence-corrected chi connectivity index (χ2v) is 3.72. The number of carbonyl (C=O) groups is 2. The van der Waals surface area contributed by atoms with Crippen molar-refractivity contribution < 1.29 is 9.59 Å². The summed E-state index contributed by atoms with van der Waals surface area (Å²) in [4.78, 5) is 22.5. The Morgan fingerprint density at radius 3 is 2.80 bits per heavy atom. The predicted molar refractivity (Wildman–Crippen MR) is 57.3 cm³/mol. The standard InChI is InChI=1S/C10H19N3O2/c1-11-9(14)5-7-13-10(15)8-4-2-3-6-12-8/h8,12H,2-7H2,1H3,(H,11,14)(H,13,15). The molecule has 1 fully saturated rings. The Balaban J connectivity index is 2.14. The smallest absolute Gasteiger partial charge is 0.237 e. The molecular weight excluding hydrogens is 194 g/mol. The van der Waals surface area contributed by atoms with E-state index < -0.39 is 0 Å². The molecule has 86 valence electrons. The SMILES string of the molecule is CNC(=O)CCNC(=O)C1CCCCN1. The minimum Gasteiger partial charge on any atom is -0.359 e. The number of hydrogen-bond donors (Lipinski definition) is 3. The summed E-state index contributed by atoms with van der Waals surface area (Å²) in [6, 6.07) is -0.0663. The van der Waals surface area contributed by atoms with Gasteiger partial charge in [-0.1, -0.05) is 6.42 Å². The molecule has 5 nitrogen and oxygen atoms in total. The van der Waals surface area contributed by atoms with E-state index in [-0.39, 0.29) is 17.9 Å². The molecule has 2 amide bonds. The third-order valence-electron chi connectivity index (χ3n) is 2.56. The number of amides is 2. The quantitative estimate of drug-likeness (QED) is 0.583. The zero-order valence-corrected chi connectivity index (χ0v) is 9.14. The van der Waals surface area contributed by atoms with Crippen molar-refractivity contribution in [3.05, 3.63) is 0 Å². The molecule has 0 aromatic carbocycles. The first-order valence-corrected chi connectivity index (χ1v) is 5.45. The van der Waals surface area contributed by atoms with E-state index in [1.54, 1.807) is 7.05 Å². The molecule has 1 atom stereocenters. The number of rotatable bonds is 4. The topological polar surface area (TPSA) is 70.2 Å². The molecule has 0 radical (unpaired) electrons. The van der Waals surface area contributed by atoms with Crippen LogP contribution >= 0.6 is 0 Å². The van der Waals surface area contributed by atoms with Gasteiger partial charge in [-0.15, -0.1) is 0 Å². The molecule has 1 saturated heterocycles. The highest BCUT2D eigenvalue weighted by Crippen LogP contribution is 2.06. The van der Waals surface area contributed by atoms with Crippen molar-refractivity contribution in [2.75, 3.05) is 20.1 Å². The second-order valence-electron chi connectivity index (χ2n) is 3.72. The number of nitrogens with one attached hydrogen (secondary N) is 3. The molecule has 1 aliphatic rings. The van der Waals surface area contributed by atoms with Crippen molar-refractivity contribution in [3.63, 3.8) is 0 Å². The van der Waals surface area contributed by atoms with E-state index in [1.807, 2.05) is 0 Å². The Bertz CT molecular complexity index is 225. The second kappa shape index (κ2) is 6.40.